The molecule has 0 aromatic carbocycles. The lowest BCUT2D eigenvalue weighted by Crippen LogP contribution is -2.41. The molecule has 1 aliphatic rings. The van der Waals surface area contributed by atoms with Gasteiger partial charge >= 0.3 is 0 Å². The summed E-state index contributed by atoms with van der Waals surface area (Å²) in [5, 5.41) is 5.61. The van der Waals surface area contributed by atoms with E-state index in [1.165, 1.54) is 0 Å². The fourth-order valence-electron chi connectivity index (χ4n) is 3.15. The SMILES string of the molecule is Cc1nn2c(CN3CCCC(C(N)=O)C3)c(C(C)C)nc2s1. The summed E-state index contributed by atoms with van der Waals surface area (Å²) in [5.41, 5.74) is 7.74. The number of nitrogens with two attached hydrogens (primary N) is 1. The molecule has 1 saturated heterocycles. The van der Waals surface area contributed by atoms with E-state index in [1.54, 1.807) is 11.3 Å². The van der Waals surface area contributed by atoms with Crippen LogP contribution in [0.1, 0.15) is 49.0 Å². The van der Waals surface area contributed by atoms with Crippen molar-refractivity contribution in [2.24, 2.45) is 11.7 Å². The number of hydrogen-bond donors (Lipinski definition) is 1. The molecule has 0 spiro atoms. The van der Waals surface area contributed by atoms with Gasteiger partial charge in [-0.2, -0.15) is 5.10 Å². The zero-order chi connectivity index (χ0) is 15.9. The van der Waals surface area contributed by atoms with E-state index in [2.05, 4.69) is 23.8 Å². The van der Waals surface area contributed by atoms with Crippen molar-refractivity contribution >= 4 is 22.2 Å². The van der Waals surface area contributed by atoms with Crippen molar-refractivity contribution in [2.45, 2.75) is 46.1 Å². The van der Waals surface area contributed by atoms with Crippen LogP contribution in [0.15, 0.2) is 0 Å². The first-order chi connectivity index (χ1) is 10.5. The lowest BCUT2D eigenvalue weighted by atomic mass is 9.97. The number of amides is 1. The Balaban J connectivity index is 1.88. The zero-order valence-electron chi connectivity index (χ0n) is 13.4. The largest absolute Gasteiger partial charge is 0.369 e. The fourth-order valence-corrected chi connectivity index (χ4v) is 3.92. The summed E-state index contributed by atoms with van der Waals surface area (Å²) in [6.45, 7) is 8.83. The van der Waals surface area contributed by atoms with E-state index in [1.807, 2.05) is 11.4 Å². The maximum absolute atomic E-state index is 11.5. The molecule has 1 aliphatic heterocycles. The summed E-state index contributed by atoms with van der Waals surface area (Å²) in [6, 6.07) is 0. The Morgan fingerprint density at radius 3 is 2.95 bits per heavy atom. The number of piperidine rings is 1. The second-order valence-corrected chi connectivity index (χ2v) is 7.55. The normalized spacial score (nSPS) is 20.1. The van der Waals surface area contributed by atoms with Crippen molar-refractivity contribution in [3.63, 3.8) is 0 Å². The third kappa shape index (κ3) is 2.87. The van der Waals surface area contributed by atoms with Crippen molar-refractivity contribution in [3.8, 4) is 0 Å². The number of hydrogen-bond acceptors (Lipinski definition) is 5. The standard InChI is InChI=1S/C15H23N5OS/c1-9(2)13-12(20-15(17-13)22-10(3)18-20)8-19-6-4-5-11(7-19)14(16)21/h9,11H,4-8H2,1-3H3,(H2,16,21). The van der Waals surface area contributed by atoms with Crippen molar-refractivity contribution in [2.75, 3.05) is 13.1 Å². The van der Waals surface area contributed by atoms with Crippen LogP contribution >= 0.6 is 11.3 Å². The molecule has 120 valence electrons. The second-order valence-electron chi connectivity index (χ2n) is 6.39. The van der Waals surface area contributed by atoms with Gasteiger partial charge in [-0.1, -0.05) is 25.2 Å². The van der Waals surface area contributed by atoms with Crippen molar-refractivity contribution in [1.29, 1.82) is 0 Å². The maximum atomic E-state index is 11.5. The van der Waals surface area contributed by atoms with E-state index >= 15 is 0 Å². The van der Waals surface area contributed by atoms with Gasteiger partial charge in [-0.3, -0.25) is 9.69 Å². The second kappa shape index (κ2) is 5.96. The number of nitrogens with zero attached hydrogens (tertiary/aromatic N) is 4. The Morgan fingerprint density at radius 1 is 1.50 bits per heavy atom. The minimum atomic E-state index is -0.184. The lowest BCUT2D eigenvalue weighted by molar-refractivity contribution is -0.123. The van der Waals surface area contributed by atoms with E-state index in [4.69, 9.17) is 10.7 Å². The number of carbonyl (C=O) groups is 1. The maximum Gasteiger partial charge on any atom is 0.221 e. The van der Waals surface area contributed by atoms with Crippen LogP contribution in [0.2, 0.25) is 0 Å². The Hall–Kier alpha value is -1.47. The molecule has 6 nitrogen and oxygen atoms in total. The molecule has 22 heavy (non-hydrogen) atoms. The van der Waals surface area contributed by atoms with Crippen LogP contribution in [-0.4, -0.2) is 38.5 Å². The summed E-state index contributed by atoms with van der Waals surface area (Å²) in [4.78, 5) is 19.5. The van der Waals surface area contributed by atoms with E-state index in [0.29, 0.717) is 5.92 Å². The van der Waals surface area contributed by atoms with Gasteiger partial charge in [0.05, 0.1) is 17.3 Å². The Morgan fingerprint density at radius 2 is 2.27 bits per heavy atom. The zero-order valence-corrected chi connectivity index (χ0v) is 14.2. The molecule has 1 amide bonds. The smallest absolute Gasteiger partial charge is 0.221 e. The van der Waals surface area contributed by atoms with Gasteiger partial charge in [-0.15, -0.1) is 0 Å². The molecular weight excluding hydrogens is 298 g/mol. The lowest BCUT2D eigenvalue weighted by Gasteiger charge is -2.31. The number of fused-ring (bicyclic) bond motifs is 1. The third-order valence-electron chi connectivity index (χ3n) is 4.26. The van der Waals surface area contributed by atoms with Crippen LogP contribution in [0.25, 0.3) is 4.96 Å². The predicted octanol–water partition coefficient (Wildman–Crippen LogP) is 1.92. The van der Waals surface area contributed by atoms with Gasteiger partial charge in [0.2, 0.25) is 10.9 Å². The molecule has 2 N–H and O–H groups in total. The van der Waals surface area contributed by atoms with Gasteiger partial charge in [0.15, 0.2) is 0 Å². The van der Waals surface area contributed by atoms with E-state index < -0.39 is 0 Å². The monoisotopic (exact) mass is 321 g/mol. The van der Waals surface area contributed by atoms with Crippen LogP contribution < -0.4 is 5.73 Å². The fraction of sp³-hybridized carbons (Fsp3) is 0.667. The molecule has 3 heterocycles. The first kappa shape index (κ1) is 15.4. The molecule has 0 bridgehead atoms. The van der Waals surface area contributed by atoms with Gasteiger partial charge < -0.3 is 5.73 Å². The van der Waals surface area contributed by atoms with Gasteiger partial charge in [-0.25, -0.2) is 9.50 Å². The number of primary amides is 1. The summed E-state index contributed by atoms with van der Waals surface area (Å²) >= 11 is 1.62. The summed E-state index contributed by atoms with van der Waals surface area (Å²) < 4.78 is 1.98. The summed E-state index contributed by atoms with van der Waals surface area (Å²) in [6.07, 6.45) is 1.92. The van der Waals surface area contributed by atoms with Crippen LogP contribution in [0.4, 0.5) is 0 Å². The Labute approximate surface area is 134 Å². The van der Waals surface area contributed by atoms with Gasteiger partial charge in [0, 0.05) is 13.1 Å². The average Bonchev–Trinajstić information content (AvgIpc) is 2.97. The topological polar surface area (TPSA) is 76.5 Å². The average molecular weight is 321 g/mol. The molecule has 0 saturated carbocycles. The number of aromatic nitrogens is 3. The quantitative estimate of drug-likeness (QED) is 0.933. The molecular formula is C15H23N5OS. The number of aryl methyl sites for hydroxylation is 1. The van der Waals surface area contributed by atoms with Crippen LogP contribution in [0.3, 0.4) is 0 Å². The number of rotatable bonds is 4. The molecule has 1 atom stereocenters. The number of imidazole rings is 1. The van der Waals surface area contributed by atoms with Crippen LogP contribution in [0, 0.1) is 12.8 Å². The van der Waals surface area contributed by atoms with Crippen molar-refractivity contribution in [3.05, 3.63) is 16.4 Å². The Bertz CT molecular complexity index is 689. The molecule has 2 aromatic rings. The molecule has 0 aliphatic carbocycles. The van der Waals surface area contributed by atoms with Crippen molar-refractivity contribution in [1.82, 2.24) is 19.5 Å². The Kier molecular flexibility index (Phi) is 4.18. The number of likely N-dealkylation sites (tertiary alicyclic amines) is 1. The first-order valence-electron chi connectivity index (χ1n) is 7.82. The highest BCUT2D eigenvalue weighted by atomic mass is 32.1. The highest BCUT2D eigenvalue weighted by molar-refractivity contribution is 7.16. The van der Waals surface area contributed by atoms with Gasteiger partial charge in [0.1, 0.15) is 5.01 Å². The summed E-state index contributed by atoms with van der Waals surface area (Å²) in [5.74, 6) is 0.148. The minimum Gasteiger partial charge on any atom is -0.369 e. The minimum absolute atomic E-state index is 0.0307. The molecule has 7 heteroatoms. The van der Waals surface area contributed by atoms with Crippen LogP contribution in [0.5, 0.6) is 0 Å². The summed E-state index contributed by atoms with van der Waals surface area (Å²) in [7, 11) is 0. The molecule has 1 unspecified atom stereocenters. The van der Waals surface area contributed by atoms with Crippen LogP contribution in [-0.2, 0) is 11.3 Å². The van der Waals surface area contributed by atoms with Crippen molar-refractivity contribution < 1.29 is 4.79 Å². The molecule has 1 fully saturated rings. The van der Waals surface area contributed by atoms with Gasteiger partial charge in [0.25, 0.3) is 0 Å². The van der Waals surface area contributed by atoms with Gasteiger partial charge in [-0.05, 0) is 32.2 Å². The highest BCUT2D eigenvalue weighted by Gasteiger charge is 2.26. The van der Waals surface area contributed by atoms with E-state index in [9.17, 15) is 4.79 Å². The molecule has 2 aromatic heterocycles. The molecule has 3 rings (SSSR count). The molecule has 0 radical (unpaired) electrons. The predicted molar refractivity (Wildman–Crippen MR) is 86.9 cm³/mol. The van der Waals surface area contributed by atoms with E-state index in [0.717, 1.165) is 53.8 Å². The highest BCUT2D eigenvalue weighted by Crippen LogP contribution is 2.26. The third-order valence-corrected chi connectivity index (χ3v) is 5.08. The number of carbonyl (C=O) groups excluding carboxylic acids is 1. The van der Waals surface area contributed by atoms with E-state index in [-0.39, 0.29) is 11.8 Å². The first-order valence-corrected chi connectivity index (χ1v) is 8.64.